The summed E-state index contributed by atoms with van der Waals surface area (Å²) >= 11 is 0. The smallest absolute Gasteiger partial charge is 0.410 e. The van der Waals surface area contributed by atoms with Crippen molar-refractivity contribution in [1.82, 2.24) is 24.5 Å². The number of pyridine rings is 1. The highest BCUT2D eigenvalue weighted by Crippen LogP contribution is 2.32. The Morgan fingerprint density at radius 2 is 2.08 bits per heavy atom. The van der Waals surface area contributed by atoms with E-state index in [9.17, 15) is 14.0 Å². The molecule has 0 aliphatic carbocycles. The van der Waals surface area contributed by atoms with Crippen molar-refractivity contribution in [2.24, 2.45) is 0 Å². The molecule has 1 aliphatic heterocycles. The fourth-order valence-corrected chi connectivity index (χ4v) is 5.00. The van der Waals surface area contributed by atoms with Gasteiger partial charge in [-0.25, -0.2) is 14.2 Å². The molecule has 0 bridgehead atoms. The Labute approximate surface area is 219 Å². The van der Waals surface area contributed by atoms with Gasteiger partial charge in [-0.3, -0.25) is 9.89 Å². The Morgan fingerprint density at radius 1 is 1.29 bits per heavy atom. The second-order valence-electron chi connectivity index (χ2n) is 10.6. The minimum Gasteiger partial charge on any atom is -0.444 e. The number of benzene rings is 1. The highest BCUT2D eigenvalue weighted by molar-refractivity contribution is 6.13. The number of aromatic amines is 1. The molecule has 1 atom stereocenters. The lowest BCUT2D eigenvalue weighted by molar-refractivity contribution is 0.0191. The summed E-state index contributed by atoms with van der Waals surface area (Å²) in [5, 5.41) is 10.7. The average Bonchev–Trinajstić information content (AvgIpc) is 3.57. The van der Waals surface area contributed by atoms with E-state index < -0.39 is 11.4 Å². The molecule has 0 spiro atoms. The van der Waals surface area contributed by atoms with Gasteiger partial charge in [0.05, 0.1) is 34.7 Å². The molecule has 1 aliphatic rings. The first kappa shape index (κ1) is 25.5. The van der Waals surface area contributed by atoms with Crippen molar-refractivity contribution in [2.75, 3.05) is 29.9 Å². The SMILES string of the molecule is CCN(C(=O)OC(C)(C)C)[C@H]1CCN(c2ccc(C(=O)Nc3cc(F)c4nc(C)cn4c3)c3[nH]ncc23)C1. The third-order valence-corrected chi connectivity index (χ3v) is 6.64. The van der Waals surface area contributed by atoms with E-state index >= 15 is 0 Å². The summed E-state index contributed by atoms with van der Waals surface area (Å²) in [5.41, 5.74) is 2.55. The summed E-state index contributed by atoms with van der Waals surface area (Å²) in [7, 11) is 0. The maximum absolute atomic E-state index is 14.5. The van der Waals surface area contributed by atoms with Gasteiger partial charge in [0.15, 0.2) is 11.5 Å². The number of carbonyl (C=O) groups is 2. The van der Waals surface area contributed by atoms with E-state index in [4.69, 9.17) is 4.74 Å². The summed E-state index contributed by atoms with van der Waals surface area (Å²) in [6.45, 7) is 11.3. The van der Waals surface area contributed by atoms with Gasteiger partial charge in [0.25, 0.3) is 5.91 Å². The molecule has 10 nitrogen and oxygen atoms in total. The zero-order valence-electron chi connectivity index (χ0n) is 22.2. The number of hydrogen-bond acceptors (Lipinski definition) is 6. The van der Waals surface area contributed by atoms with Crippen LogP contribution in [-0.4, -0.2) is 67.8 Å². The van der Waals surface area contributed by atoms with E-state index in [1.54, 1.807) is 40.9 Å². The number of halogens is 1. The Hall–Kier alpha value is -4.15. The fraction of sp³-hybridized carbons (Fsp3) is 0.407. The van der Waals surface area contributed by atoms with Crippen LogP contribution in [0, 0.1) is 12.7 Å². The number of hydrogen-bond donors (Lipinski definition) is 2. The van der Waals surface area contributed by atoms with E-state index in [0.717, 1.165) is 24.0 Å². The van der Waals surface area contributed by atoms with Crippen molar-refractivity contribution in [2.45, 2.75) is 52.7 Å². The number of H-pyrrole nitrogens is 1. The molecule has 11 heteroatoms. The number of aryl methyl sites for hydroxylation is 1. The number of imidazole rings is 1. The second kappa shape index (κ2) is 9.62. The molecule has 38 heavy (non-hydrogen) atoms. The molecule has 1 aromatic carbocycles. The van der Waals surface area contributed by atoms with Crippen molar-refractivity contribution in [3.8, 4) is 0 Å². The van der Waals surface area contributed by atoms with Crippen molar-refractivity contribution >= 4 is 39.9 Å². The predicted molar refractivity (Wildman–Crippen MR) is 143 cm³/mol. The molecule has 1 saturated heterocycles. The van der Waals surface area contributed by atoms with Crippen molar-refractivity contribution in [3.05, 3.63) is 53.9 Å². The number of fused-ring (bicyclic) bond motifs is 2. The average molecular weight is 522 g/mol. The minimum absolute atomic E-state index is 0.0106. The molecule has 3 aromatic heterocycles. The zero-order chi connectivity index (χ0) is 27.2. The molecule has 4 aromatic rings. The fourth-order valence-electron chi connectivity index (χ4n) is 5.00. The van der Waals surface area contributed by atoms with E-state index in [-0.39, 0.29) is 23.7 Å². The Balaban J connectivity index is 1.36. The lowest BCUT2D eigenvalue weighted by Crippen LogP contribution is -2.44. The summed E-state index contributed by atoms with van der Waals surface area (Å²) in [5.74, 6) is -0.906. The van der Waals surface area contributed by atoms with Gasteiger partial charge < -0.3 is 24.3 Å². The molecule has 0 saturated carbocycles. The van der Waals surface area contributed by atoms with Crippen molar-refractivity contribution in [3.63, 3.8) is 0 Å². The molecule has 1 fully saturated rings. The topological polar surface area (TPSA) is 108 Å². The summed E-state index contributed by atoms with van der Waals surface area (Å²) in [4.78, 5) is 34.1. The lowest BCUT2D eigenvalue weighted by atomic mass is 10.1. The molecule has 5 rings (SSSR count). The van der Waals surface area contributed by atoms with Crippen molar-refractivity contribution < 1.29 is 18.7 Å². The first-order valence-electron chi connectivity index (χ1n) is 12.7. The number of aromatic nitrogens is 4. The van der Waals surface area contributed by atoms with Crippen LogP contribution in [0.5, 0.6) is 0 Å². The largest absolute Gasteiger partial charge is 0.444 e. The van der Waals surface area contributed by atoms with Crippen LogP contribution in [0.2, 0.25) is 0 Å². The van der Waals surface area contributed by atoms with E-state index in [2.05, 4.69) is 25.4 Å². The number of nitrogens with zero attached hydrogens (tertiary/aromatic N) is 5. The van der Waals surface area contributed by atoms with Gasteiger partial charge in [-0.05, 0) is 53.2 Å². The molecular weight excluding hydrogens is 489 g/mol. The van der Waals surface area contributed by atoms with Crippen LogP contribution in [0.4, 0.5) is 20.6 Å². The van der Waals surface area contributed by atoms with Gasteiger partial charge in [-0.2, -0.15) is 5.10 Å². The molecular formula is C27H32FN7O3. The number of anilines is 2. The normalized spacial score (nSPS) is 15.8. The number of amides is 2. The van der Waals surface area contributed by atoms with Crippen LogP contribution in [0.3, 0.4) is 0 Å². The van der Waals surface area contributed by atoms with Gasteiger partial charge in [0.1, 0.15) is 5.60 Å². The summed E-state index contributed by atoms with van der Waals surface area (Å²) in [6.07, 6.45) is 5.51. The summed E-state index contributed by atoms with van der Waals surface area (Å²) in [6, 6.07) is 4.89. The van der Waals surface area contributed by atoms with Crippen LogP contribution in [-0.2, 0) is 4.74 Å². The highest BCUT2D eigenvalue weighted by atomic mass is 19.1. The number of likely N-dealkylation sites (N-methyl/N-ethyl adjacent to an activating group) is 1. The monoisotopic (exact) mass is 521 g/mol. The van der Waals surface area contributed by atoms with E-state index in [0.29, 0.717) is 35.6 Å². The van der Waals surface area contributed by atoms with Crippen LogP contribution in [0.15, 0.2) is 36.8 Å². The van der Waals surface area contributed by atoms with Crippen LogP contribution >= 0.6 is 0 Å². The molecule has 0 unspecified atom stereocenters. The van der Waals surface area contributed by atoms with Gasteiger partial charge in [0, 0.05) is 49.2 Å². The lowest BCUT2D eigenvalue weighted by Gasteiger charge is -2.31. The van der Waals surface area contributed by atoms with Gasteiger partial charge >= 0.3 is 6.09 Å². The number of nitrogens with one attached hydrogen (secondary N) is 2. The van der Waals surface area contributed by atoms with Gasteiger partial charge in [-0.1, -0.05) is 0 Å². The van der Waals surface area contributed by atoms with Crippen LogP contribution < -0.4 is 10.2 Å². The van der Waals surface area contributed by atoms with E-state index in [1.807, 2.05) is 33.8 Å². The minimum atomic E-state index is -0.558. The maximum atomic E-state index is 14.5. The van der Waals surface area contributed by atoms with Gasteiger partial charge in [-0.15, -0.1) is 0 Å². The summed E-state index contributed by atoms with van der Waals surface area (Å²) < 4.78 is 21.7. The van der Waals surface area contributed by atoms with E-state index in [1.165, 1.54) is 6.07 Å². The first-order chi connectivity index (χ1) is 18.0. The van der Waals surface area contributed by atoms with Crippen molar-refractivity contribution in [1.29, 1.82) is 0 Å². The number of carbonyl (C=O) groups excluding carboxylic acids is 2. The van der Waals surface area contributed by atoms with Gasteiger partial charge in [0.2, 0.25) is 0 Å². The van der Waals surface area contributed by atoms with Crippen LogP contribution in [0.1, 0.15) is 50.2 Å². The Bertz CT molecular complexity index is 1520. The standard InChI is InChI=1S/C27H32FN7O3/c1-6-35(26(37)38-27(3,4)5)18-9-10-33(15-18)22-8-7-19(23-20(22)12-29-32-23)25(36)31-17-11-21(28)24-30-16(2)13-34(24)14-17/h7-8,11-14,18H,6,9-10,15H2,1-5H3,(H,29,32)(H,31,36)/t18-/m0/s1. The first-order valence-corrected chi connectivity index (χ1v) is 12.7. The highest BCUT2D eigenvalue weighted by Gasteiger charge is 2.33. The maximum Gasteiger partial charge on any atom is 0.410 e. The second-order valence-corrected chi connectivity index (χ2v) is 10.6. The molecule has 0 radical (unpaired) electrons. The third-order valence-electron chi connectivity index (χ3n) is 6.64. The molecule has 2 N–H and O–H groups in total. The quantitative estimate of drug-likeness (QED) is 0.393. The third kappa shape index (κ3) is 4.88. The Morgan fingerprint density at radius 3 is 2.82 bits per heavy atom. The molecule has 200 valence electrons. The number of rotatable bonds is 5. The molecule has 4 heterocycles. The molecule has 2 amide bonds. The predicted octanol–water partition coefficient (Wildman–Crippen LogP) is 4.75. The number of ether oxygens (including phenoxy) is 1. The zero-order valence-corrected chi connectivity index (χ0v) is 22.2. The Kier molecular flexibility index (Phi) is 6.46. The van der Waals surface area contributed by atoms with Crippen LogP contribution in [0.25, 0.3) is 16.6 Å².